The lowest BCUT2D eigenvalue weighted by Crippen LogP contribution is -2.50. The van der Waals surface area contributed by atoms with Gasteiger partial charge in [0.1, 0.15) is 17.1 Å². The molecular weight excluding hydrogens is 453 g/mol. The maximum absolute atomic E-state index is 13.6. The summed E-state index contributed by atoms with van der Waals surface area (Å²) >= 11 is 0. The Morgan fingerprint density at radius 3 is 2.44 bits per heavy atom. The van der Waals surface area contributed by atoms with Gasteiger partial charge in [0.05, 0.1) is 4.92 Å². The third-order valence-electron chi connectivity index (χ3n) is 5.67. The number of hydrogen-bond acceptors (Lipinski definition) is 6. The van der Waals surface area contributed by atoms with E-state index in [1.165, 1.54) is 18.2 Å². The van der Waals surface area contributed by atoms with Crippen molar-refractivity contribution in [3.05, 3.63) is 69.9 Å². The number of carbonyl (C=O) groups is 1. The van der Waals surface area contributed by atoms with Crippen molar-refractivity contribution >= 4 is 28.2 Å². The Labute approximate surface area is 192 Å². The number of anilines is 1. The van der Waals surface area contributed by atoms with Crippen molar-refractivity contribution in [2.24, 2.45) is 0 Å². The summed E-state index contributed by atoms with van der Waals surface area (Å²) in [7, 11) is 0. The van der Waals surface area contributed by atoms with Crippen molar-refractivity contribution in [2.45, 2.75) is 13.1 Å². The van der Waals surface area contributed by atoms with Gasteiger partial charge < -0.3 is 14.5 Å². The standard InChI is InChI=1S/C23H21F3N4O4/c1-15-2-7-20(27-13-15)28-8-10-29(11-9-28)21(31)14-34-17-5-3-16-4-6-19(30(32)33)22(18(16)12-17)23(24,25)26/h2-7,12-13H,8-11,14H2,1H3. The molecule has 1 fully saturated rings. The van der Waals surface area contributed by atoms with Gasteiger partial charge in [0.25, 0.3) is 11.6 Å². The number of alkyl halides is 3. The van der Waals surface area contributed by atoms with Crippen LogP contribution in [0.2, 0.25) is 0 Å². The van der Waals surface area contributed by atoms with Gasteiger partial charge in [0.2, 0.25) is 0 Å². The van der Waals surface area contributed by atoms with Crippen molar-refractivity contribution in [1.82, 2.24) is 9.88 Å². The van der Waals surface area contributed by atoms with E-state index in [-0.39, 0.29) is 29.0 Å². The Bertz CT molecular complexity index is 1220. The molecule has 34 heavy (non-hydrogen) atoms. The van der Waals surface area contributed by atoms with E-state index in [1.54, 1.807) is 11.1 Å². The highest BCUT2D eigenvalue weighted by Gasteiger charge is 2.40. The van der Waals surface area contributed by atoms with Gasteiger partial charge in [-0.25, -0.2) is 4.98 Å². The number of aromatic nitrogens is 1. The molecule has 3 aromatic rings. The number of nitro benzene ring substituents is 1. The molecule has 0 atom stereocenters. The minimum atomic E-state index is -4.93. The summed E-state index contributed by atoms with van der Waals surface area (Å²) in [6.45, 7) is 3.70. The number of rotatable bonds is 5. The number of ether oxygens (including phenoxy) is 1. The molecule has 0 saturated carbocycles. The molecule has 0 radical (unpaired) electrons. The molecular formula is C23H21F3N4O4. The highest BCUT2D eigenvalue weighted by atomic mass is 19.4. The number of pyridine rings is 1. The third-order valence-corrected chi connectivity index (χ3v) is 5.67. The number of amides is 1. The number of hydrogen-bond donors (Lipinski definition) is 0. The topological polar surface area (TPSA) is 88.8 Å². The van der Waals surface area contributed by atoms with E-state index in [1.807, 2.05) is 19.1 Å². The van der Waals surface area contributed by atoms with E-state index < -0.39 is 22.4 Å². The molecule has 1 saturated heterocycles. The Hall–Kier alpha value is -3.89. The summed E-state index contributed by atoms with van der Waals surface area (Å²) in [5, 5.41) is 11.0. The van der Waals surface area contributed by atoms with E-state index in [9.17, 15) is 28.1 Å². The number of fused-ring (bicyclic) bond motifs is 1. The normalized spacial score (nSPS) is 14.4. The summed E-state index contributed by atoms with van der Waals surface area (Å²) in [4.78, 5) is 30.7. The van der Waals surface area contributed by atoms with Gasteiger partial charge in [-0.2, -0.15) is 13.2 Å². The van der Waals surface area contributed by atoms with Crippen LogP contribution >= 0.6 is 0 Å². The number of halogens is 3. The van der Waals surface area contributed by atoms with Crippen LogP contribution in [0.15, 0.2) is 48.7 Å². The molecule has 2 aromatic carbocycles. The van der Waals surface area contributed by atoms with Crippen LogP contribution in [0.3, 0.4) is 0 Å². The van der Waals surface area contributed by atoms with Gasteiger partial charge in [-0.05, 0) is 42.1 Å². The largest absolute Gasteiger partial charge is 0.484 e. The minimum Gasteiger partial charge on any atom is -0.484 e. The van der Waals surface area contributed by atoms with Gasteiger partial charge in [0, 0.05) is 43.8 Å². The molecule has 2 heterocycles. The van der Waals surface area contributed by atoms with Crippen LogP contribution in [0.25, 0.3) is 10.8 Å². The first kappa shape index (κ1) is 23.3. The molecule has 8 nitrogen and oxygen atoms in total. The van der Waals surface area contributed by atoms with Crippen LogP contribution in [-0.4, -0.2) is 53.5 Å². The van der Waals surface area contributed by atoms with Gasteiger partial charge in [-0.15, -0.1) is 0 Å². The van der Waals surface area contributed by atoms with E-state index in [0.29, 0.717) is 26.2 Å². The predicted molar refractivity (Wildman–Crippen MR) is 119 cm³/mol. The van der Waals surface area contributed by atoms with Gasteiger partial charge >= 0.3 is 6.18 Å². The molecule has 0 aliphatic carbocycles. The highest BCUT2D eigenvalue weighted by molar-refractivity contribution is 5.90. The lowest BCUT2D eigenvalue weighted by atomic mass is 10.0. The first-order valence-electron chi connectivity index (χ1n) is 10.5. The predicted octanol–water partition coefficient (Wildman–Crippen LogP) is 4.20. The molecule has 0 N–H and O–H groups in total. The number of piperazine rings is 1. The molecule has 11 heteroatoms. The second-order valence-corrected chi connectivity index (χ2v) is 7.95. The zero-order valence-electron chi connectivity index (χ0n) is 18.2. The van der Waals surface area contributed by atoms with Crippen LogP contribution in [0.1, 0.15) is 11.1 Å². The van der Waals surface area contributed by atoms with Crippen LogP contribution < -0.4 is 9.64 Å². The summed E-state index contributed by atoms with van der Waals surface area (Å²) in [5.74, 6) is 0.556. The molecule has 4 rings (SSSR count). The van der Waals surface area contributed by atoms with E-state index in [0.717, 1.165) is 23.5 Å². The molecule has 1 aromatic heterocycles. The second-order valence-electron chi connectivity index (χ2n) is 7.95. The zero-order valence-corrected chi connectivity index (χ0v) is 18.2. The SMILES string of the molecule is Cc1ccc(N2CCN(C(=O)COc3ccc4ccc([N+](=O)[O-])c(C(F)(F)F)c4c3)CC2)nc1. The molecule has 0 bridgehead atoms. The van der Waals surface area contributed by atoms with Gasteiger partial charge in [0.15, 0.2) is 6.61 Å². The van der Waals surface area contributed by atoms with Crippen molar-refractivity contribution in [1.29, 1.82) is 0 Å². The average molecular weight is 474 g/mol. The number of carbonyl (C=O) groups excluding carboxylic acids is 1. The lowest BCUT2D eigenvalue weighted by molar-refractivity contribution is -0.387. The molecule has 1 amide bonds. The third kappa shape index (κ3) is 4.87. The number of aryl methyl sites for hydroxylation is 1. The van der Waals surface area contributed by atoms with Crippen LogP contribution in [0.4, 0.5) is 24.7 Å². The van der Waals surface area contributed by atoms with Crippen molar-refractivity contribution in [2.75, 3.05) is 37.7 Å². The van der Waals surface area contributed by atoms with Gasteiger partial charge in [-0.3, -0.25) is 14.9 Å². The second kappa shape index (κ2) is 9.16. The van der Waals surface area contributed by atoms with Crippen molar-refractivity contribution < 1.29 is 27.6 Å². The average Bonchev–Trinajstić information content (AvgIpc) is 2.81. The smallest absolute Gasteiger partial charge is 0.423 e. The first-order valence-corrected chi connectivity index (χ1v) is 10.5. The molecule has 0 spiro atoms. The first-order chi connectivity index (χ1) is 16.1. The summed E-state index contributed by atoms with van der Waals surface area (Å²) in [6, 6.07) is 9.87. The Balaban J connectivity index is 1.44. The summed E-state index contributed by atoms with van der Waals surface area (Å²) in [5.41, 5.74) is -1.32. The Morgan fingerprint density at radius 2 is 1.82 bits per heavy atom. The fourth-order valence-electron chi connectivity index (χ4n) is 3.90. The maximum atomic E-state index is 13.6. The highest BCUT2D eigenvalue weighted by Crippen LogP contribution is 2.41. The van der Waals surface area contributed by atoms with Gasteiger partial charge in [-0.1, -0.05) is 12.1 Å². The fraction of sp³-hybridized carbons (Fsp3) is 0.304. The van der Waals surface area contributed by atoms with Crippen molar-refractivity contribution in [3.8, 4) is 5.75 Å². The van der Waals surface area contributed by atoms with E-state index in [2.05, 4.69) is 9.88 Å². The number of benzene rings is 2. The van der Waals surface area contributed by atoms with Crippen LogP contribution in [0.5, 0.6) is 5.75 Å². The van der Waals surface area contributed by atoms with E-state index in [4.69, 9.17) is 4.74 Å². The monoisotopic (exact) mass is 474 g/mol. The maximum Gasteiger partial charge on any atom is 0.423 e. The number of nitro groups is 1. The van der Waals surface area contributed by atoms with E-state index >= 15 is 0 Å². The fourth-order valence-corrected chi connectivity index (χ4v) is 3.90. The quantitative estimate of drug-likeness (QED) is 0.407. The lowest BCUT2D eigenvalue weighted by Gasteiger charge is -2.35. The summed E-state index contributed by atoms with van der Waals surface area (Å²) in [6.07, 6.45) is -3.15. The molecule has 1 aliphatic heterocycles. The van der Waals surface area contributed by atoms with Crippen LogP contribution in [-0.2, 0) is 11.0 Å². The minimum absolute atomic E-state index is 0.0225. The zero-order chi connectivity index (χ0) is 24.5. The Kier molecular flexibility index (Phi) is 6.27. The summed E-state index contributed by atoms with van der Waals surface area (Å²) < 4.78 is 46.2. The molecule has 178 valence electrons. The Morgan fingerprint density at radius 1 is 1.12 bits per heavy atom. The van der Waals surface area contributed by atoms with Crippen LogP contribution in [0, 0.1) is 17.0 Å². The van der Waals surface area contributed by atoms with Crippen molar-refractivity contribution in [3.63, 3.8) is 0 Å². The molecule has 1 aliphatic rings. The molecule has 0 unspecified atom stereocenters. The number of nitrogens with zero attached hydrogens (tertiary/aromatic N) is 4.